The fourth-order valence-corrected chi connectivity index (χ4v) is 2.91. The van der Waals surface area contributed by atoms with Gasteiger partial charge in [0.2, 0.25) is 5.91 Å². The minimum Gasteiger partial charge on any atom is -0.368 e. The van der Waals surface area contributed by atoms with Gasteiger partial charge in [-0.1, -0.05) is 26.0 Å². The van der Waals surface area contributed by atoms with E-state index in [1.807, 2.05) is 38.1 Å². The molecule has 0 radical (unpaired) electrons. The van der Waals surface area contributed by atoms with Gasteiger partial charge in [0.25, 0.3) is 5.91 Å². The number of anilines is 1. The molecule has 1 aromatic carbocycles. The third-order valence-electron chi connectivity index (χ3n) is 4.92. The molecule has 0 bridgehead atoms. The van der Waals surface area contributed by atoms with E-state index in [0.717, 1.165) is 30.8 Å². The van der Waals surface area contributed by atoms with Gasteiger partial charge in [-0.3, -0.25) is 9.59 Å². The van der Waals surface area contributed by atoms with Gasteiger partial charge in [-0.15, -0.1) is 0 Å². The van der Waals surface area contributed by atoms with Gasteiger partial charge in [-0.25, -0.2) is 0 Å². The first kappa shape index (κ1) is 19.4. The van der Waals surface area contributed by atoms with E-state index in [4.69, 9.17) is 4.74 Å². The first-order valence-electron chi connectivity index (χ1n) is 8.94. The van der Waals surface area contributed by atoms with Crippen LogP contribution in [0, 0.1) is 5.92 Å². The average molecular weight is 347 g/mol. The lowest BCUT2D eigenvalue weighted by Gasteiger charge is -2.34. The van der Waals surface area contributed by atoms with Crippen molar-refractivity contribution in [2.75, 3.05) is 25.5 Å². The molecule has 0 saturated carbocycles. The molecule has 1 fully saturated rings. The van der Waals surface area contributed by atoms with Crippen molar-refractivity contribution in [2.45, 2.75) is 45.3 Å². The van der Waals surface area contributed by atoms with Gasteiger partial charge < -0.3 is 20.7 Å². The largest absolute Gasteiger partial charge is 0.368 e. The Kier molecular flexibility index (Phi) is 6.96. The second-order valence-corrected chi connectivity index (χ2v) is 6.63. The molecule has 1 heterocycles. The molecule has 1 aromatic rings. The quantitative estimate of drug-likeness (QED) is 0.705. The highest BCUT2D eigenvalue weighted by molar-refractivity contribution is 5.92. The zero-order chi connectivity index (χ0) is 18.3. The molecule has 3 N–H and O–H groups in total. The van der Waals surface area contributed by atoms with Crippen molar-refractivity contribution in [3.8, 4) is 0 Å². The molecule has 2 rings (SSSR count). The Bertz CT molecular complexity index is 597. The van der Waals surface area contributed by atoms with Crippen LogP contribution in [-0.2, 0) is 20.9 Å². The molecular weight excluding hydrogens is 318 g/mol. The second kappa shape index (κ2) is 8.97. The Balaban J connectivity index is 1.95. The van der Waals surface area contributed by atoms with E-state index in [2.05, 4.69) is 16.0 Å². The summed E-state index contributed by atoms with van der Waals surface area (Å²) in [6.45, 7) is 5.85. The van der Waals surface area contributed by atoms with Crippen LogP contribution >= 0.6 is 0 Å². The first-order chi connectivity index (χ1) is 12.0. The van der Waals surface area contributed by atoms with Crippen molar-refractivity contribution in [3.05, 3.63) is 29.8 Å². The van der Waals surface area contributed by atoms with E-state index in [0.29, 0.717) is 19.4 Å². The summed E-state index contributed by atoms with van der Waals surface area (Å²) in [4.78, 5) is 24.6. The van der Waals surface area contributed by atoms with Crippen molar-refractivity contribution < 1.29 is 14.3 Å². The summed E-state index contributed by atoms with van der Waals surface area (Å²) in [6.07, 6.45) is 2.14. The van der Waals surface area contributed by atoms with Crippen LogP contribution in [0.15, 0.2) is 24.3 Å². The minimum absolute atomic E-state index is 0.0109. The normalized spacial score (nSPS) is 17.6. The Labute approximate surface area is 149 Å². The zero-order valence-corrected chi connectivity index (χ0v) is 15.4. The third kappa shape index (κ3) is 5.03. The SMILES string of the molecule is CCC(C)C(=O)Nc1cccc(CNC(=O)C2(OC)CCNCC2)c1. The first-order valence-corrected chi connectivity index (χ1v) is 8.94. The van der Waals surface area contributed by atoms with Crippen LogP contribution in [-0.4, -0.2) is 37.6 Å². The van der Waals surface area contributed by atoms with E-state index in [-0.39, 0.29) is 17.7 Å². The lowest BCUT2D eigenvalue weighted by atomic mass is 9.91. The number of carbonyl (C=O) groups is 2. The maximum atomic E-state index is 12.6. The van der Waals surface area contributed by atoms with Gasteiger partial charge >= 0.3 is 0 Å². The summed E-state index contributed by atoms with van der Waals surface area (Å²) in [6, 6.07) is 7.56. The Hall–Kier alpha value is -1.92. The highest BCUT2D eigenvalue weighted by Gasteiger charge is 2.39. The number of hydrogen-bond acceptors (Lipinski definition) is 4. The molecule has 1 unspecified atom stereocenters. The number of carbonyl (C=O) groups excluding carboxylic acids is 2. The molecule has 0 aromatic heterocycles. The smallest absolute Gasteiger partial charge is 0.252 e. The van der Waals surface area contributed by atoms with Gasteiger partial charge in [0.1, 0.15) is 5.60 Å². The monoisotopic (exact) mass is 347 g/mol. The van der Waals surface area contributed by atoms with Crippen molar-refractivity contribution in [1.82, 2.24) is 10.6 Å². The van der Waals surface area contributed by atoms with Gasteiger partial charge in [-0.2, -0.15) is 0 Å². The third-order valence-corrected chi connectivity index (χ3v) is 4.92. The number of piperidine rings is 1. The summed E-state index contributed by atoms with van der Waals surface area (Å²) < 4.78 is 5.53. The van der Waals surface area contributed by atoms with E-state index < -0.39 is 5.60 Å². The fourth-order valence-electron chi connectivity index (χ4n) is 2.91. The highest BCUT2D eigenvalue weighted by atomic mass is 16.5. The molecular formula is C19H29N3O3. The number of rotatable bonds is 7. The van der Waals surface area contributed by atoms with Crippen molar-refractivity contribution in [1.29, 1.82) is 0 Å². The molecule has 1 saturated heterocycles. The van der Waals surface area contributed by atoms with Gasteiger partial charge in [0.05, 0.1) is 0 Å². The Morgan fingerprint density at radius 2 is 2.04 bits per heavy atom. The topological polar surface area (TPSA) is 79.5 Å². The maximum absolute atomic E-state index is 12.6. The second-order valence-electron chi connectivity index (χ2n) is 6.63. The van der Waals surface area contributed by atoms with Crippen LogP contribution in [0.25, 0.3) is 0 Å². The number of hydrogen-bond donors (Lipinski definition) is 3. The molecule has 1 aliphatic rings. The van der Waals surface area contributed by atoms with E-state index >= 15 is 0 Å². The lowest BCUT2D eigenvalue weighted by Crippen LogP contribution is -2.53. The predicted molar refractivity (Wildman–Crippen MR) is 98.2 cm³/mol. The highest BCUT2D eigenvalue weighted by Crippen LogP contribution is 2.23. The lowest BCUT2D eigenvalue weighted by molar-refractivity contribution is -0.146. The van der Waals surface area contributed by atoms with Crippen LogP contribution in [0.5, 0.6) is 0 Å². The summed E-state index contributed by atoms with van der Waals surface area (Å²) in [5.41, 5.74) is 0.948. The molecule has 25 heavy (non-hydrogen) atoms. The molecule has 1 aliphatic heterocycles. The summed E-state index contributed by atoms with van der Waals surface area (Å²) in [7, 11) is 1.59. The molecule has 6 nitrogen and oxygen atoms in total. The number of amides is 2. The maximum Gasteiger partial charge on any atom is 0.252 e. The van der Waals surface area contributed by atoms with Crippen LogP contribution < -0.4 is 16.0 Å². The minimum atomic E-state index is -0.742. The van der Waals surface area contributed by atoms with E-state index in [1.165, 1.54) is 0 Å². The molecule has 6 heteroatoms. The standard InChI is InChI=1S/C19H29N3O3/c1-4-14(2)17(23)22-16-7-5-6-15(12-16)13-21-18(24)19(25-3)8-10-20-11-9-19/h5-7,12,14,20H,4,8-11,13H2,1-3H3,(H,21,24)(H,22,23). The van der Waals surface area contributed by atoms with Crippen LogP contribution in [0.4, 0.5) is 5.69 Å². The van der Waals surface area contributed by atoms with Crippen molar-refractivity contribution in [2.24, 2.45) is 5.92 Å². The summed E-state index contributed by atoms with van der Waals surface area (Å²) in [5.74, 6) is -0.0906. The molecule has 0 spiro atoms. The summed E-state index contributed by atoms with van der Waals surface area (Å²) in [5, 5.41) is 9.13. The number of methoxy groups -OCH3 is 1. The van der Waals surface area contributed by atoms with E-state index in [1.54, 1.807) is 7.11 Å². The van der Waals surface area contributed by atoms with Gasteiger partial charge in [-0.05, 0) is 50.0 Å². The molecule has 1 atom stereocenters. The number of benzene rings is 1. The molecule has 2 amide bonds. The average Bonchev–Trinajstić information content (AvgIpc) is 2.66. The van der Waals surface area contributed by atoms with Gasteiger partial charge in [0.15, 0.2) is 0 Å². The fraction of sp³-hybridized carbons (Fsp3) is 0.579. The molecule has 138 valence electrons. The van der Waals surface area contributed by atoms with Gasteiger partial charge in [0, 0.05) is 25.3 Å². The molecule has 0 aliphatic carbocycles. The Morgan fingerprint density at radius 3 is 2.68 bits per heavy atom. The Morgan fingerprint density at radius 1 is 1.32 bits per heavy atom. The number of ether oxygens (including phenoxy) is 1. The van der Waals surface area contributed by atoms with Crippen molar-refractivity contribution in [3.63, 3.8) is 0 Å². The van der Waals surface area contributed by atoms with Crippen LogP contribution in [0.2, 0.25) is 0 Å². The van der Waals surface area contributed by atoms with E-state index in [9.17, 15) is 9.59 Å². The zero-order valence-electron chi connectivity index (χ0n) is 15.4. The van der Waals surface area contributed by atoms with Crippen molar-refractivity contribution >= 4 is 17.5 Å². The van der Waals surface area contributed by atoms with Crippen LogP contribution in [0.1, 0.15) is 38.7 Å². The van der Waals surface area contributed by atoms with Crippen LogP contribution in [0.3, 0.4) is 0 Å². The summed E-state index contributed by atoms with van der Waals surface area (Å²) >= 11 is 0. The predicted octanol–water partition coefficient (Wildman–Crippen LogP) is 2.06. The number of nitrogens with one attached hydrogen (secondary N) is 3.